The quantitative estimate of drug-likeness (QED) is 0.913. The molecule has 23 heavy (non-hydrogen) atoms. The molecule has 0 amide bonds. The standard InChI is InChI=1S/C18H24ClN3O/c1-14-16(17(19)22(2)21-14)12-20-13-18(8-10-23-11-9-18)15-6-4-3-5-7-15/h3-7,20H,8-13H2,1-2H3. The van der Waals surface area contributed by atoms with Crippen molar-refractivity contribution in [2.45, 2.75) is 31.7 Å². The van der Waals surface area contributed by atoms with Crippen LogP contribution >= 0.6 is 11.6 Å². The number of hydrogen-bond donors (Lipinski definition) is 1. The van der Waals surface area contributed by atoms with Crippen LogP contribution in [0.3, 0.4) is 0 Å². The lowest BCUT2D eigenvalue weighted by Crippen LogP contribution is -2.42. The van der Waals surface area contributed by atoms with Crippen LogP contribution in [-0.2, 0) is 23.7 Å². The summed E-state index contributed by atoms with van der Waals surface area (Å²) in [4.78, 5) is 0. The maximum absolute atomic E-state index is 6.33. The zero-order chi connectivity index (χ0) is 16.3. The van der Waals surface area contributed by atoms with Crippen LogP contribution in [0.1, 0.15) is 29.7 Å². The summed E-state index contributed by atoms with van der Waals surface area (Å²) < 4.78 is 7.32. The zero-order valence-corrected chi connectivity index (χ0v) is 14.6. The van der Waals surface area contributed by atoms with Crippen molar-refractivity contribution >= 4 is 11.6 Å². The average Bonchev–Trinajstić information content (AvgIpc) is 2.83. The van der Waals surface area contributed by atoms with Crippen LogP contribution in [0, 0.1) is 6.92 Å². The second kappa shape index (κ2) is 7.04. The summed E-state index contributed by atoms with van der Waals surface area (Å²) in [6.07, 6.45) is 2.09. The van der Waals surface area contributed by atoms with E-state index in [9.17, 15) is 0 Å². The van der Waals surface area contributed by atoms with Gasteiger partial charge >= 0.3 is 0 Å². The van der Waals surface area contributed by atoms with Crippen molar-refractivity contribution < 1.29 is 4.74 Å². The molecular formula is C18H24ClN3O. The number of benzene rings is 1. The number of ether oxygens (including phenoxy) is 1. The minimum absolute atomic E-state index is 0.141. The van der Waals surface area contributed by atoms with E-state index in [0.29, 0.717) is 0 Å². The molecule has 1 aromatic carbocycles. The lowest BCUT2D eigenvalue weighted by Gasteiger charge is -2.38. The summed E-state index contributed by atoms with van der Waals surface area (Å²) in [6.45, 7) is 5.32. The summed E-state index contributed by atoms with van der Waals surface area (Å²) in [5.41, 5.74) is 3.61. The third-order valence-corrected chi connectivity index (χ3v) is 5.34. The molecule has 4 nitrogen and oxygen atoms in total. The Hall–Kier alpha value is -1.36. The molecule has 5 heteroatoms. The van der Waals surface area contributed by atoms with Gasteiger partial charge in [-0.3, -0.25) is 4.68 Å². The highest BCUT2D eigenvalue weighted by atomic mass is 35.5. The first kappa shape index (κ1) is 16.5. The van der Waals surface area contributed by atoms with Crippen molar-refractivity contribution in [1.29, 1.82) is 0 Å². The van der Waals surface area contributed by atoms with Crippen molar-refractivity contribution in [3.63, 3.8) is 0 Å². The summed E-state index contributed by atoms with van der Waals surface area (Å²) >= 11 is 6.33. The van der Waals surface area contributed by atoms with Crippen LogP contribution < -0.4 is 5.32 Å². The van der Waals surface area contributed by atoms with Gasteiger partial charge in [0.2, 0.25) is 0 Å². The van der Waals surface area contributed by atoms with Gasteiger partial charge in [0.05, 0.1) is 5.69 Å². The van der Waals surface area contributed by atoms with E-state index in [2.05, 4.69) is 40.7 Å². The lowest BCUT2D eigenvalue weighted by molar-refractivity contribution is 0.0498. The fraction of sp³-hybridized carbons (Fsp3) is 0.500. The van der Waals surface area contributed by atoms with Gasteiger partial charge in [0.1, 0.15) is 5.15 Å². The Kier molecular flexibility index (Phi) is 5.05. The Balaban J connectivity index is 1.72. The van der Waals surface area contributed by atoms with E-state index in [0.717, 1.165) is 55.6 Å². The lowest BCUT2D eigenvalue weighted by atomic mass is 9.74. The van der Waals surface area contributed by atoms with Gasteiger partial charge in [0.15, 0.2) is 0 Å². The molecule has 2 heterocycles. The van der Waals surface area contributed by atoms with E-state index < -0.39 is 0 Å². The monoisotopic (exact) mass is 333 g/mol. The maximum atomic E-state index is 6.33. The topological polar surface area (TPSA) is 39.1 Å². The molecule has 0 unspecified atom stereocenters. The minimum atomic E-state index is 0.141. The van der Waals surface area contributed by atoms with Crippen molar-refractivity contribution in [2.75, 3.05) is 19.8 Å². The van der Waals surface area contributed by atoms with Crippen LogP contribution in [0.5, 0.6) is 0 Å². The molecule has 0 radical (unpaired) electrons. The van der Waals surface area contributed by atoms with Crippen molar-refractivity contribution in [2.24, 2.45) is 7.05 Å². The van der Waals surface area contributed by atoms with Gasteiger partial charge in [-0.25, -0.2) is 0 Å². The molecule has 1 fully saturated rings. The number of aryl methyl sites for hydroxylation is 2. The Morgan fingerprint density at radius 3 is 2.57 bits per heavy atom. The predicted molar refractivity (Wildman–Crippen MR) is 92.8 cm³/mol. The first-order chi connectivity index (χ1) is 11.1. The molecule has 3 rings (SSSR count). The number of hydrogen-bond acceptors (Lipinski definition) is 3. The number of halogens is 1. The Labute approximate surface area is 142 Å². The molecule has 1 aliphatic heterocycles. The van der Waals surface area contributed by atoms with Gasteiger partial charge < -0.3 is 10.1 Å². The molecule has 1 aromatic heterocycles. The second-order valence-corrected chi connectivity index (χ2v) is 6.70. The van der Waals surface area contributed by atoms with Gasteiger partial charge in [-0.2, -0.15) is 5.10 Å². The minimum Gasteiger partial charge on any atom is -0.381 e. The average molecular weight is 334 g/mol. The molecule has 1 aliphatic rings. The molecule has 124 valence electrons. The summed E-state index contributed by atoms with van der Waals surface area (Å²) in [5.74, 6) is 0. The first-order valence-electron chi connectivity index (χ1n) is 8.14. The van der Waals surface area contributed by atoms with Crippen molar-refractivity contribution in [1.82, 2.24) is 15.1 Å². The zero-order valence-electron chi connectivity index (χ0n) is 13.8. The van der Waals surface area contributed by atoms with Gasteiger partial charge in [-0.15, -0.1) is 0 Å². The molecule has 1 saturated heterocycles. The third kappa shape index (κ3) is 3.44. The van der Waals surface area contributed by atoms with E-state index in [4.69, 9.17) is 16.3 Å². The summed E-state index contributed by atoms with van der Waals surface area (Å²) in [7, 11) is 1.88. The highest BCUT2D eigenvalue weighted by molar-refractivity contribution is 6.30. The van der Waals surface area contributed by atoms with E-state index in [1.807, 2.05) is 14.0 Å². The third-order valence-electron chi connectivity index (χ3n) is 4.87. The van der Waals surface area contributed by atoms with Crippen molar-refractivity contribution in [3.8, 4) is 0 Å². The number of nitrogens with one attached hydrogen (secondary N) is 1. The van der Waals surface area contributed by atoms with Crippen LogP contribution in [0.2, 0.25) is 5.15 Å². The second-order valence-electron chi connectivity index (χ2n) is 6.34. The molecule has 0 bridgehead atoms. The molecule has 0 atom stereocenters. The molecule has 0 aliphatic carbocycles. The Morgan fingerprint density at radius 1 is 1.26 bits per heavy atom. The molecule has 0 spiro atoms. The normalized spacial score (nSPS) is 17.3. The van der Waals surface area contributed by atoms with Crippen LogP contribution in [-0.4, -0.2) is 29.5 Å². The highest BCUT2D eigenvalue weighted by Gasteiger charge is 2.34. The molecular weight excluding hydrogens is 310 g/mol. The predicted octanol–water partition coefficient (Wildman–Crippen LogP) is 3.22. The fourth-order valence-corrected chi connectivity index (χ4v) is 3.66. The SMILES string of the molecule is Cc1nn(C)c(Cl)c1CNCC1(c2ccccc2)CCOCC1. The van der Waals surface area contributed by atoms with Crippen LogP contribution in [0.15, 0.2) is 30.3 Å². The number of aromatic nitrogens is 2. The Bertz CT molecular complexity index is 648. The number of rotatable bonds is 5. The smallest absolute Gasteiger partial charge is 0.131 e. The van der Waals surface area contributed by atoms with E-state index in [-0.39, 0.29) is 5.41 Å². The first-order valence-corrected chi connectivity index (χ1v) is 8.52. The van der Waals surface area contributed by atoms with Gasteiger partial charge in [-0.1, -0.05) is 41.9 Å². The number of nitrogens with zero attached hydrogens (tertiary/aromatic N) is 2. The molecule has 0 saturated carbocycles. The van der Waals surface area contributed by atoms with E-state index in [1.54, 1.807) is 4.68 Å². The fourth-order valence-electron chi connectivity index (χ4n) is 3.42. The van der Waals surface area contributed by atoms with Crippen LogP contribution in [0.25, 0.3) is 0 Å². The summed E-state index contributed by atoms with van der Waals surface area (Å²) in [6, 6.07) is 10.8. The van der Waals surface area contributed by atoms with E-state index in [1.165, 1.54) is 5.56 Å². The summed E-state index contributed by atoms with van der Waals surface area (Å²) in [5, 5.41) is 8.71. The molecule has 2 aromatic rings. The van der Waals surface area contributed by atoms with Gasteiger partial charge in [0, 0.05) is 44.3 Å². The van der Waals surface area contributed by atoms with Crippen molar-refractivity contribution in [3.05, 3.63) is 52.3 Å². The van der Waals surface area contributed by atoms with Gasteiger partial charge in [0.25, 0.3) is 0 Å². The highest BCUT2D eigenvalue weighted by Crippen LogP contribution is 2.34. The maximum Gasteiger partial charge on any atom is 0.131 e. The van der Waals surface area contributed by atoms with Gasteiger partial charge in [-0.05, 0) is 25.3 Å². The largest absolute Gasteiger partial charge is 0.381 e. The molecule has 1 N–H and O–H groups in total. The Morgan fingerprint density at radius 2 is 1.96 bits per heavy atom. The van der Waals surface area contributed by atoms with E-state index >= 15 is 0 Å². The van der Waals surface area contributed by atoms with Crippen LogP contribution in [0.4, 0.5) is 0 Å².